The molecule has 1 aliphatic rings. The number of carbonyl (C=O) groups is 2. The first-order valence-electron chi connectivity index (χ1n) is 4.58. The van der Waals surface area contributed by atoms with Crippen LogP contribution in [0.1, 0.15) is 5.56 Å². The molecule has 1 aromatic carbocycles. The fraction of sp³-hybridized carbons (Fsp3) is 0.273. The Kier molecular flexibility index (Phi) is 2.41. The summed E-state index contributed by atoms with van der Waals surface area (Å²) in [6.45, 7) is 1.22. The lowest BCUT2D eigenvalue weighted by molar-refractivity contribution is -0.132. The van der Waals surface area contributed by atoms with Crippen molar-refractivity contribution >= 4 is 11.6 Å². The van der Waals surface area contributed by atoms with Crippen molar-refractivity contribution in [3.05, 3.63) is 35.9 Å². The van der Waals surface area contributed by atoms with E-state index in [1.165, 1.54) is 0 Å². The third kappa shape index (κ3) is 1.88. The Hall–Kier alpha value is -1.48. The molecule has 0 unspecified atom stereocenters. The minimum atomic E-state index is -0.263. The van der Waals surface area contributed by atoms with Crippen molar-refractivity contribution in [1.82, 2.24) is 4.90 Å². The molecule has 1 aliphatic heterocycles. The molecule has 3 nitrogen and oxygen atoms in total. The third-order valence-electron chi connectivity index (χ3n) is 2.29. The van der Waals surface area contributed by atoms with Gasteiger partial charge in [0.25, 0.3) is 0 Å². The maximum absolute atomic E-state index is 11.0. The van der Waals surface area contributed by atoms with Gasteiger partial charge in [0.1, 0.15) is 0 Å². The Bertz CT molecular complexity index is 343. The quantitative estimate of drug-likeness (QED) is 0.641. The zero-order chi connectivity index (χ0) is 9.97. The molecule has 3 heteroatoms. The van der Waals surface area contributed by atoms with Gasteiger partial charge in [0.05, 0.1) is 13.1 Å². The van der Waals surface area contributed by atoms with Gasteiger partial charge in [-0.3, -0.25) is 14.5 Å². The SMILES string of the molecule is O=C1CN(Cc2ccccc2)CC1=O. The number of carbonyl (C=O) groups excluding carboxylic acids is 2. The Morgan fingerprint density at radius 1 is 1.00 bits per heavy atom. The van der Waals surface area contributed by atoms with Crippen molar-refractivity contribution in [3.63, 3.8) is 0 Å². The van der Waals surface area contributed by atoms with Crippen molar-refractivity contribution in [2.75, 3.05) is 13.1 Å². The Morgan fingerprint density at radius 3 is 2.14 bits per heavy atom. The molecule has 0 aliphatic carbocycles. The van der Waals surface area contributed by atoms with Gasteiger partial charge in [0, 0.05) is 6.54 Å². The van der Waals surface area contributed by atoms with Crippen LogP contribution in [-0.2, 0) is 16.1 Å². The Labute approximate surface area is 82.3 Å². The van der Waals surface area contributed by atoms with E-state index < -0.39 is 0 Å². The number of rotatable bonds is 2. The number of likely N-dealkylation sites (tertiary alicyclic amines) is 1. The fourth-order valence-corrected chi connectivity index (χ4v) is 1.59. The fourth-order valence-electron chi connectivity index (χ4n) is 1.59. The normalized spacial score (nSPS) is 17.7. The van der Waals surface area contributed by atoms with E-state index in [4.69, 9.17) is 0 Å². The minimum Gasteiger partial charge on any atom is -0.289 e. The van der Waals surface area contributed by atoms with Gasteiger partial charge in [-0.2, -0.15) is 0 Å². The van der Waals surface area contributed by atoms with E-state index in [9.17, 15) is 9.59 Å². The molecule has 14 heavy (non-hydrogen) atoms. The molecule has 0 N–H and O–H groups in total. The smallest absolute Gasteiger partial charge is 0.213 e. The van der Waals surface area contributed by atoms with Gasteiger partial charge in [-0.05, 0) is 5.56 Å². The lowest BCUT2D eigenvalue weighted by Gasteiger charge is -2.11. The van der Waals surface area contributed by atoms with Crippen LogP contribution in [-0.4, -0.2) is 29.6 Å². The molecule has 1 heterocycles. The van der Waals surface area contributed by atoms with Gasteiger partial charge in [-0.15, -0.1) is 0 Å². The molecule has 72 valence electrons. The highest BCUT2D eigenvalue weighted by atomic mass is 16.2. The largest absolute Gasteiger partial charge is 0.289 e. The maximum Gasteiger partial charge on any atom is 0.213 e. The second-order valence-electron chi connectivity index (χ2n) is 3.48. The van der Waals surface area contributed by atoms with Gasteiger partial charge in [0.2, 0.25) is 11.6 Å². The first-order valence-corrected chi connectivity index (χ1v) is 4.58. The van der Waals surface area contributed by atoms with Gasteiger partial charge < -0.3 is 0 Å². The summed E-state index contributed by atoms with van der Waals surface area (Å²) >= 11 is 0. The van der Waals surface area contributed by atoms with Crippen LogP contribution in [0, 0.1) is 0 Å². The summed E-state index contributed by atoms with van der Waals surface area (Å²) in [5.74, 6) is -0.526. The van der Waals surface area contributed by atoms with E-state index in [0.29, 0.717) is 6.54 Å². The van der Waals surface area contributed by atoms with Gasteiger partial charge in [-0.1, -0.05) is 30.3 Å². The minimum absolute atomic E-state index is 0.263. The Morgan fingerprint density at radius 2 is 1.57 bits per heavy atom. The van der Waals surface area contributed by atoms with E-state index >= 15 is 0 Å². The highest BCUT2D eigenvalue weighted by Gasteiger charge is 2.27. The average molecular weight is 189 g/mol. The van der Waals surface area contributed by atoms with Crippen LogP contribution in [0.5, 0.6) is 0 Å². The predicted molar refractivity (Wildman–Crippen MR) is 51.7 cm³/mol. The first-order chi connectivity index (χ1) is 6.75. The van der Waals surface area contributed by atoms with Crippen LogP contribution >= 0.6 is 0 Å². The maximum atomic E-state index is 11.0. The molecule has 1 saturated heterocycles. The lowest BCUT2D eigenvalue weighted by atomic mass is 10.2. The summed E-state index contributed by atoms with van der Waals surface area (Å²) in [5.41, 5.74) is 1.13. The summed E-state index contributed by atoms with van der Waals surface area (Å²) in [6.07, 6.45) is 0. The number of Topliss-reactive ketones (excluding diaryl/α,β-unsaturated/α-hetero) is 2. The van der Waals surface area contributed by atoms with Crippen molar-refractivity contribution in [2.45, 2.75) is 6.54 Å². The topological polar surface area (TPSA) is 37.4 Å². The van der Waals surface area contributed by atoms with E-state index in [2.05, 4.69) is 0 Å². The predicted octanol–water partition coefficient (Wildman–Crippen LogP) is 0.640. The Balaban J connectivity index is 2.00. The highest BCUT2D eigenvalue weighted by Crippen LogP contribution is 2.08. The monoisotopic (exact) mass is 189 g/mol. The number of ketones is 2. The van der Waals surface area contributed by atoms with E-state index in [1.807, 2.05) is 35.2 Å². The third-order valence-corrected chi connectivity index (χ3v) is 2.29. The van der Waals surface area contributed by atoms with Crippen molar-refractivity contribution < 1.29 is 9.59 Å². The van der Waals surface area contributed by atoms with E-state index in [-0.39, 0.29) is 24.7 Å². The van der Waals surface area contributed by atoms with Crippen LogP contribution in [0.4, 0.5) is 0 Å². The second-order valence-corrected chi connectivity index (χ2v) is 3.48. The number of benzene rings is 1. The highest BCUT2D eigenvalue weighted by molar-refractivity contribution is 6.40. The average Bonchev–Trinajstić information content (AvgIpc) is 2.47. The standard InChI is InChI=1S/C11H11NO2/c13-10-7-12(8-11(10)14)6-9-4-2-1-3-5-9/h1-5H,6-8H2. The zero-order valence-corrected chi connectivity index (χ0v) is 7.77. The van der Waals surface area contributed by atoms with Gasteiger partial charge in [-0.25, -0.2) is 0 Å². The molecule has 0 aromatic heterocycles. The lowest BCUT2D eigenvalue weighted by Crippen LogP contribution is -2.20. The van der Waals surface area contributed by atoms with Crippen molar-refractivity contribution in [2.24, 2.45) is 0 Å². The second kappa shape index (κ2) is 3.72. The summed E-state index contributed by atoms with van der Waals surface area (Å²) in [7, 11) is 0. The van der Waals surface area contributed by atoms with Crippen LogP contribution in [0.25, 0.3) is 0 Å². The van der Waals surface area contributed by atoms with E-state index in [1.54, 1.807) is 0 Å². The number of hydrogen-bond donors (Lipinski definition) is 0. The van der Waals surface area contributed by atoms with Gasteiger partial charge >= 0.3 is 0 Å². The summed E-state index contributed by atoms with van der Waals surface area (Å²) in [4.78, 5) is 23.8. The van der Waals surface area contributed by atoms with E-state index in [0.717, 1.165) is 5.56 Å². The molecule has 0 spiro atoms. The van der Waals surface area contributed by atoms with Gasteiger partial charge in [0.15, 0.2) is 0 Å². The van der Waals surface area contributed by atoms with Crippen molar-refractivity contribution in [1.29, 1.82) is 0 Å². The summed E-state index contributed by atoms with van der Waals surface area (Å²) in [5, 5.41) is 0. The first kappa shape index (κ1) is 9.09. The molecular formula is C11H11NO2. The molecule has 0 saturated carbocycles. The number of nitrogens with zero attached hydrogens (tertiary/aromatic N) is 1. The molecule has 0 bridgehead atoms. The molecule has 1 aromatic rings. The molecular weight excluding hydrogens is 178 g/mol. The molecule has 0 amide bonds. The van der Waals surface area contributed by atoms with Crippen LogP contribution < -0.4 is 0 Å². The van der Waals surface area contributed by atoms with Crippen LogP contribution in [0.2, 0.25) is 0 Å². The molecule has 0 atom stereocenters. The summed E-state index contributed by atoms with van der Waals surface area (Å²) in [6, 6.07) is 9.84. The summed E-state index contributed by atoms with van der Waals surface area (Å²) < 4.78 is 0. The zero-order valence-electron chi connectivity index (χ0n) is 7.77. The van der Waals surface area contributed by atoms with Crippen molar-refractivity contribution in [3.8, 4) is 0 Å². The molecule has 1 fully saturated rings. The molecule has 0 radical (unpaired) electrons. The van der Waals surface area contributed by atoms with Crippen LogP contribution in [0.15, 0.2) is 30.3 Å². The van der Waals surface area contributed by atoms with Crippen LogP contribution in [0.3, 0.4) is 0 Å². The number of hydrogen-bond acceptors (Lipinski definition) is 3. The molecule has 2 rings (SSSR count).